The molecule has 1 unspecified atom stereocenters. The standard InChI is InChI=1S/C29H30FN7O4/c1-29(2,3)41-28(39)36-14-20-26(27(36)38)21(12-19(32-20)25-17(13-31)6-5-7-18(25)30)37-9-8-24(33-37)35-15-22-23(16-35)40-11-10-34(22)4/h5-9,12,22-23H,10-11,14-16H2,1-4H3/t22?,23-/m1/s1. The first-order chi connectivity index (χ1) is 19.5. The summed E-state index contributed by atoms with van der Waals surface area (Å²) in [5, 5.41) is 14.5. The van der Waals surface area contributed by atoms with Crippen molar-refractivity contribution in [1.29, 1.82) is 5.26 Å². The van der Waals surface area contributed by atoms with Crippen LogP contribution in [0.15, 0.2) is 36.5 Å². The van der Waals surface area contributed by atoms with Gasteiger partial charge < -0.3 is 14.4 Å². The van der Waals surface area contributed by atoms with Crippen LogP contribution in [-0.2, 0) is 16.0 Å². The fourth-order valence-corrected chi connectivity index (χ4v) is 5.60. The fourth-order valence-electron chi connectivity index (χ4n) is 5.60. The Bertz CT molecular complexity index is 1590. The Labute approximate surface area is 236 Å². The first-order valence-corrected chi connectivity index (χ1v) is 13.4. The van der Waals surface area contributed by atoms with E-state index in [1.165, 1.54) is 28.9 Å². The third kappa shape index (κ3) is 4.81. The van der Waals surface area contributed by atoms with E-state index < -0.39 is 23.4 Å². The zero-order valence-corrected chi connectivity index (χ0v) is 23.3. The number of nitriles is 1. The largest absolute Gasteiger partial charge is 0.443 e. The van der Waals surface area contributed by atoms with Crippen molar-refractivity contribution in [2.24, 2.45) is 0 Å². The topological polar surface area (TPSA) is 117 Å². The molecule has 0 aliphatic carbocycles. The predicted molar refractivity (Wildman–Crippen MR) is 146 cm³/mol. The smallest absolute Gasteiger partial charge is 0.417 e. The lowest BCUT2D eigenvalue weighted by atomic mass is 10.0. The van der Waals surface area contributed by atoms with Gasteiger partial charge in [0.05, 0.1) is 65.1 Å². The normalized spacial score (nSPS) is 20.6. The van der Waals surface area contributed by atoms with Crippen LogP contribution < -0.4 is 4.90 Å². The Balaban J connectivity index is 1.43. The molecule has 0 N–H and O–H groups in total. The van der Waals surface area contributed by atoms with Crippen LogP contribution in [0.5, 0.6) is 0 Å². The first kappa shape index (κ1) is 26.9. The summed E-state index contributed by atoms with van der Waals surface area (Å²) in [5.41, 5.74) is 0.210. The van der Waals surface area contributed by atoms with E-state index in [1.54, 1.807) is 27.0 Å². The number of rotatable bonds is 3. The minimum atomic E-state index is -0.815. The lowest BCUT2D eigenvalue weighted by Crippen LogP contribution is -2.48. The van der Waals surface area contributed by atoms with Gasteiger partial charge in [-0.3, -0.25) is 9.69 Å². The lowest BCUT2D eigenvalue weighted by Gasteiger charge is -2.33. The molecular weight excluding hydrogens is 529 g/mol. The van der Waals surface area contributed by atoms with Crippen LogP contribution in [0.25, 0.3) is 16.9 Å². The summed E-state index contributed by atoms with van der Waals surface area (Å²) >= 11 is 0. The number of fused-ring (bicyclic) bond motifs is 2. The average molecular weight is 560 g/mol. The van der Waals surface area contributed by atoms with Gasteiger partial charge in [0.2, 0.25) is 0 Å². The molecule has 11 nitrogen and oxygen atoms in total. The van der Waals surface area contributed by atoms with E-state index in [0.717, 1.165) is 18.0 Å². The SMILES string of the molecule is CN1CCO[C@@H]2CN(c3ccn(-c4cc(-c5c(F)cccc5C#N)nc5c4C(=O)N(C(=O)OC(C)(C)C)C5)n3)CC21. The van der Waals surface area contributed by atoms with Crippen LogP contribution in [0.2, 0.25) is 0 Å². The van der Waals surface area contributed by atoms with E-state index in [4.69, 9.17) is 14.6 Å². The number of pyridine rings is 1. The van der Waals surface area contributed by atoms with Crippen LogP contribution in [-0.4, -0.2) is 87.6 Å². The number of carbonyl (C=O) groups is 2. The third-order valence-electron chi connectivity index (χ3n) is 7.57. The monoisotopic (exact) mass is 559 g/mol. The molecular formula is C29H30FN7O4. The zero-order chi connectivity index (χ0) is 29.1. The summed E-state index contributed by atoms with van der Waals surface area (Å²) < 4.78 is 28.0. The van der Waals surface area contributed by atoms with Crippen LogP contribution in [0, 0.1) is 17.1 Å². The zero-order valence-electron chi connectivity index (χ0n) is 23.3. The molecule has 212 valence electrons. The number of hydrogen-bond donors (Lipinski definition) is 0. The molecule has 0 spiro atoms. The van der Waals surface area contributed by atoms with E-state index in [0.29, 0.717) is 24.7 Å². The number of ether oxygens (including phenoxy) is 2. The van der Waals surface area contributed by atoms with Gasteiger partial charge in [-0.2, -0.15) is 10.4 Å². The number of morpholine rings is 1. The Morgan fingerprint density at radius 2 is 2.02 bits per heavy atom. The second kappa shape index (κ2) is 9.94. The summed E-state index contributed by atoms with van der Waals surface area (Å²) in [6, 6.07) is 9.85. The molecule has 3 aliphatic rings. The highest BCUT2D eigenvalue weighted by molar-refractivity contribution is 6.08. The van der Waals surface area contributed by atoms with Crippen molar-refractivity contribution in [1.82, 2.24) is 24.6 Å². The Hall–Kier alpha value is -4.34. The lowest BCUT2D eigenvalue weighted by molar-refractivity contribution is -0.0362. The maximum absolute atomic E-state index is 15.1. The molecule has 2 saturated heterocycles. The van der Waals surface area contributed by atoms with E-state index in [2.05, 4.69) is 21.8 Å². The number of imide groups is 1. The van der Waals surface area contributed by atoms with Gasteiger partial charge in [0.1, 0.15) is 11.4 Å². The molecule has 3 aromatic rings. The molecule has 6 rings (SSSR count). The van der Waals surface area contributed by atoms with E-state index in [-0.39, 0.29) is 46.8 Å². The van der Waals surface area contributed by atoms with Crippen molar-refractivity contribution in [3.8, 4) is 23.0 Å². The van der Waals surface area contributed by atoms with Gasteiger partial charge in [-0.1, -0.05) is 6.07 Å². The van der Waals surface area contributed by atoms with Crippen LogP contribution in [0.1, 0.15) is 42.4 Å². The molecule has 1 aromatic carbocycles. The molecule has 3 aliphatic heterocycles. The maximum atomic E-state index is 15.1. The predicted octanol–water partition coefficient (Wildman–Crippen LogP) is 3.36. The molecule has 0 bridgehead atoms. The number of halogens is 1. The molecule has 2 fully saturated rings. The second-order valence-electron chi connectivity index (χ2n) is 11.5. The third-order valence-corrected chi connectivity index (χ3v) is 7.57. The highest BCUT2D eigenvalue weighted by Gasteiger charge is 2.41. The van der Waals surface area contributed by atoms with Crippen molar-refractivity contribution in [2.45, 2.75) is 45.1 Å². The quantitative estimate of drug-likeness (QED) is 0.476. The number of amides is 2. The molecule has 2 amide bonds. The van der Waals surface area contributed by atoms with Gasteiger partial charge in [-0.15, -0.1) is 0 Å². The minimum absolute atomic E-state index is 0.0124. The molecule has 0 saturated carbocycles. The minimum Gasteiger partial charge on any atom is -0.443 e. The van der Waals surface area contributed by atoms with E-state index in [1.807, 2.05) is 12.1 Å². The van der Waals surface area contributed by atoms with Crippen LogP contribution in [0.3, 0.4) is 0 Å². The maximum Gasteiger partial charge on any atom is 0.417 e. The van der Waals surface area contributed by atoms with Gasteiger partial charge in [-0.25, -0.2) is 23.8 Å². The van der Waals surface area contributed by atoms with Crippen molar-refractivity contribution in [3.05, 3.63) is 59.2 Å². The summed E-state index contributed by atoms with van der Waals surface area (Å²) in [4.78, 5) is 36.5. The second-order valence-corrected chi connectivity index (χ2v) is 11.5. The van der Waals surface area contributed by atoms with Gasteiger partial charge in [0.25, 0.3) is 5.91 Å². The Kier molecular flexibility index (Phi) is 6.51. The van der Waals surface area contributed by atoms with Crippen molar-refractivity contribution in [3.63, 3.8) is 0 Å². The molecule has 0 radical (unpaired) electrons. The molecule has 41 heavy (non-hydrogen) atoms. The number of carbonyl (C=O) groups excluding carboxylic acids is 2. The number of hydrogen-bond acceptors (Lipinski definition) is 9. The molecule has 2 aromatic heterocycles. The van der Waals surface area contributed by atoms with Crippen molar-refractivity contribution in [2.75, 3.05) is 38.2 Å². The van der Waals surface area contributed by atoms with Crippen LogP contribution in [0.4, 0.5) is 15.0 Å². The summed E-state index contributed by atoms with van der Waals surface area (Å²) in [5.74, 6) is -0.515. The van der Waals surface area contributed by atoms with Crippen molar-refractivity contribution < 1.29 is 23.5 Å². The van der Waals surface area contributed by atoms with E-state index >= 15 is 4.39 Å². The van der Waals surface area contributed by atoms with Crippen LogP contribution >= 0.6 is 0 Å². The highest BCUT2D eigenvalue weighted by Crippen LogP contribution is 2.35. The van der Waals surface area contributed by atoms with Gasteiger partial charge in [0.15, 0.2) is 5.82 Å². The number of benzene rings is 1. The van der Waals surface area contributed by atoms with Crippen molar-refractivity contribution >= 4 is 17.8 Å². The summed E-state index contributed by atoms with van der Waals surface area (Å²) in [7, 11) is 2.09. The number of likely N-dealkylation sites (N-methyl/N-ethyl adjacent to an activating group) is 1. The Morgan fingerprint density at radius 3 is 2.76 bits per heavy atom. The summed E-state index contributed by atoms with van der Waals surface area (Å²) in [6.07, 6.45) is 0.990. The average Bonchev–Trinajstić information content (AvgIpc) is 3.65. The number of aromatic nitrogens is 3. The molecule has 2 atom stereocenters. The number of nitrogens with zero attached hydrogens (tertiary/aromatic N) is 7. The van der Waals surface area contributed by atoms with Gasteiger partial charge in [-0.05, 0) is 46.0 Å². The fraction of sp³-hybridized carbons (Fsp3) is 0.414. The summed E-state index contributed by atoms with van der Waals surface area (Å²) in [6.45, 7) is 7.95. The molecule has 5 heterocycles. The first-order valence-electron chi connectivity index (χ1n) is 13.4. The molecule has 12 heteroatoms. The van der Waals surface area contributed by atoms with Gasteiger partial charge >= 0.3 is 6.09 Å². The van der Waals surface area contributed by atoms with Gasteiger partial charge in [0, 0.05) is 31.9 Å². The Morgan fingerprint density at radius 1 is 1.22 bits per heavy atom. The van der Waals surface area contributed by atoms with E-state index in [9.17, 15) is 14.9 Å². The number of anilines is 1. The highest BCUT2D eigenvalue weighted by atomic mass is 19.1.